The molecule has 0 heterocycles. The fraction of sp³-hybridized carbons (Fsp3) is 0.316. The molecule has 7 nitrogen and oxygen atoms in total. The van der Waals surface area contributed by atoms with Gasteiger partial charge in [0.25, 0.3) is 10.0 Å². The van der Waals surface area contributed by atoms with Crippen molar-refractivity contribution in [2.24, 2.45) is 0 Å². The molecule has 4 rings (SSSR count). The zero-order valence-electron chi connectivity index (χ0n) is 27.9. The van der Waals surface area contributed by atoms with E-state index in [-0.39, 0.29) is 23.8 Å². The van der Waals surface area contributed by atoms with Crippen LogP contribution in [0.25, 0.3) is 0 Å². The Hall–Kier alpha value is -4.43. The van der Waals surface area contributed by atoms with Gasteiger partial charge < -0.3 is 10.2 Å². The molecule has 1 atom stereocenters. The summed E-state index contributed by atoms with van der Waals surface area (Å²) in [5.41, 5.74) is 5.29. The number of carbonyl (C=O) groups is 2. The standard InChI is InChI=1S/C38H45N3O4S/c1-27-13-17-32(18-14-27)25-40(35(37(43)39-38(5,6)7)24-31-11-9-8-10-12-31)36(42)26-41(33-22-29(3)21-30(4)23-33)46(44,45)34-19-15-28(2)16-20-34/h8-23,35H,24-26H2,1-7H3,(H,39,43). The van der Waals surface area contributed by atoms with Crippen LogP contribution in [0.15, 0.2) is 102 Å². The second-order valence-electron chi connectivity index (χ2n) is 13.1. The summed E-state index contributed by atoms with van der Waals surface area (Å²) < 4.78 is 29.7. The minimum absolute atomic E-state index is 0.0847. The van der Waals surface area contributed by atoms with E-state index >= 15 is 0 Å². The lowest BCUT2D eigenvalue weighted by Gasteiger charge is -2.35. The number of nitrogens with one attached hydrogen (secondary N) is 1. The Bertz CT molecular complexity index is 1740. The molecule has 8 heteroatoms. The number of carbonyl (C=O) groups excluding carboxylic acids is 2. The van der Waals surface area contributed by atoms with Crippen molar-refractivity contribution in [2.45, 2.75) is 77.9 Å². The summed E-state index contributed by atoms with van der Waals surface area (Å²) in [5, 5.41) is 3.07. The first-order chi connectivity index (χ1) is 21.6. The minimum atomic E-state index is -4.16. The third-order valence-corrected chi connectivity index (χ3v) is 9.41. The van der Waals surface area contributed by atoms with Crippen LogP contribution in [0.1, 0.15) is 54.2 Å². The molecule has 2 amide bonds. The van der Waals surface area contributed by atoms with Crippen LogP contribution >= 0.6 is 0 Å². The molecule has 0 saturated carbocycles. The van der Waals surface area contributed by atoms with Gasteiger partial charge in [-0.25, -0.2) is 8.42 Å². The van der Waals surface area contributed by atoms with Crippen LogP contribution in [0.5, 0.6) is 0 Å². The van der Waals surface area contributed by atoms with Crippen LogP contribution in [0, 0.1) is 27.7 Å². The van der Waals surface area contributed by atoms with Gasteiger partial charge in [-0.15, -0.1) is 0 Å². The Labute approximate surface area is 274 Å². The van der Waals surface area contributed by atoms with Crippen molar-refractivity contribution in [2.75, 3.05) is 10.8 Å². The zero-order chi connectivity index (χ0) is 33.6. The smallest absolute Gasteiger partial charge is 0.264 e. The second kappa shape index (κ2) is 14.3. The van der Waals surface area contributed by atoms with E-state index in [1.54, 1.807) is 36.4 Å². The Kier molecular flexibility index (Phi) is 10.7. The van der Waals surface area contributed by atoms with Gasteiger partial charge in [-0.3, -0.25) is 13.9 Å². The van der Waals surface area contributed by atoms with E-state index in [1.165, 1.54) is 9.21 Å². The Morgan fingerprint density at radius 3 is 1.80 bits per heavy atom. The second-order valence-corrected chi connectivity index (χ2v) is 15.0. The molecule has 4 aromatic carbocycles. The van der Waals surface area contributed by atoms with Gasteiger partial charge in [-0.1, -0.05) is 83.9 Å². The monoisotopic (exact) mass is 639 g/mol. The van der Waals surface area contributed by atoms with Gasteiger partial charge in [0.15, 0.2) is 0 Å². The highest BCUT2D eigenvalue weighted by Gasteiger charge is 2.35. The van der Waals surface area contributed by atoms with Crippen molar-refractivity contribution in [1.29, 1.82) is 0 Å². The first-order valence-corrected chi connectivity index (χ1v) is 16.9. The molecule has 0 bridgehead atoms. The maximum Gasteiger partial charge on any atom is 0.264 e. The largest absolute Gasteiger partial charge is 0.350 e. The zero-order valence-corrected chi connectivity index (χ0v) is 28.7. The van der Waals surface area contributed by atoms with Crippen LogP contribution in [0.4, 0.5) is 5.69 Å². The maximum absolute atomic E-state index is 14.6. The summed E-state index contributed by atoms with van der Waals surface area (Å²) in [4.78, 5) is 30.3. The minimum Gasteiger partial charge on any atom is -0.350 e. The molecule has 0 fully saturated rings. The molecule has 4 aromatic rings. The van der Waals surface area contributed by atoms with Gasteiger partial charge in [0, 0.05) is 18.5 Å². The van der Waals surface area contributed by atoms with Gasteiger partial charge in [0.05, 0.1) is 10.6 Å². The number of rotatable bonds is 11. The summed E-state index contributed by atoms with van der Waals surface area (Å²) in [7, 11) is -4.16. The third kappa shape index (κ3) is 9.07. The van der Waals surface area contributed by atoms with E-state index in [1.807, 2.05) is 109 Å². The third-order valence-electron chi connectivity index (χ3n) is 7.63. The van der Waals surface area contributed by atoms with Crippen molar-refractivity contribution in [1.82, 2.24) is 10.2 Å². The predicted octanol–water partition coefficient (Wildman–Crippen LogP) is 6.67. The molecular formula is C38H45N3O4S. The van der Waals surface area contributed by atoms with Gasteiger partial charge in [0.1, 0.15) is 12.6 Å². The van der Waals surface area contributed by atoms with Crippen molar-refractivity contribution in [3.05, 3.63) is 130 Å². The molecule has 0 spiro atoms. The molecule has 0 aromatic heterocycles. The Morgan fingerprint density at radius 2 is 1.26 bits per heavy atom. The molecule has 1 unspecified atom stereocenters. The highest BCUT2D eigenvalue weighted by Crippen LogP contribution is 2.27. The Morgan fingerprint density at radius 1 is 0.717 bits per heavy atom. The van der Waals surface area contributed by atoms with E-state index in [4.69, 9.17) is 0 Å². The summed E-state index contributed by atoms with van der Waals surface area (Å²) in [6.45, 7) is 13.0. The van der Waals surface area contributed by atoms with Gasteiger partial charge >= 0.3 is 0 Å². The molecule has 0 saturated heterocycles. The van der Waals surface area contributed by atoms with E-state index in [2.05, 4.69) is 5.32 Å². The number of sulfonamides is 1. The lowest BCUT2D eigenvalue weighted by atomic mass is 10.0. The van der Waals surface area contributed by atoms with Crippen molar-refractivity contribution >= 4 is 27.5 Å². The highest BCUT2D eigenvalue weighted by atomic mass is 32.2. The number of anilines is 1. The molecule has 242 valence electrons. The van der Waals surface area contributed by atoms with Crippen LogP contribution in [0.2, 0.25) is 0 Å². The molecule has 0 aliphatic rings. The predicted molar refractivity (Wildman–Crippen MR) is 185 cm³/mol. The lowest BCUT2D eigenvalue weighted by molar-refractivity contribution is -0.140. The quantitative estimate of drug-likeness (QED) is 0.199. The van der Waals surface area contributed by atoms with Crippen LogP contribution in [-0.4, -0.2) is 43.3 Å². The number of nitrogens with zero attached hydrogens (tertiary/aromatic N) is 2. The average Bonchev–Trinajstić information content (AvgIpc) is 2.97. The van der Waals surface area contributed by atoms with Crippen LogP contribution in [-0.2, 0) is 32.6 Å². The van der Waals surface area contributed by atoms with Crippen LogP contribution < -0.4 is 9.62 Å². The maximum atomic E-state index is 14.6. The average molecular weight is 640 g/mol. The summed E-state index contributed by atoms with van der Waals surface area (Å²) in [5.74, 6) is -0.795. The summed E-state index contributed by atoms with van der Waals surface area (Å²) in [6.07, 6.45) is 0.259. The fourth-order valence-corrected chi connectivity index (χ4v) is 6.76. The SMILES string of the molecule is Cc1ccc(CN(C(=O)CN(c2cc(C)cc(C)c2)S(=O)(=O)c2ccc(C)cc2)C(Cc2ccccc2)C(=O)NC(C)(C)C)cc1. The number of aryl methyl sites for hydroxylation is 4. The first-order valence-electron chi connectivity index (χ1n) is 15.5. The van der Waals surface area contributed by atoms with Crippen molar-refractivity contribution < 1.29 is 18.0 Å². The molecule has 46 heavy (non-hydrogen) atoms. The van der Waals surface area contributed by atoms with E-state index < -0.39 is 34.1 Å². The number of hydrogen-bond donors (Lipinski definition) is 1. The van der Waals surface area contributed by atoms with E-state index in [9.17, 15) is 18.0 Å². The molecule has 0 aliphatic carbocycles. The van der Waals surface area contributed by atoms with Gasteiger partial charge in [-0.05, 0) is 95.0 Å². The number of benzene rings is 4. The summed E-state index contributed by atoms with van der Waals surface area (Å²) >= 11 is 0. The fourth-order valence-electron chi connectivity index (χ4n) is 5.36. The van der Waals surface area contributed by atoms with E-state index in [0.717, 1.165) is 33.4 Å². The molecular weight excluding hydrogens is 595 g/mol. The highest BCUT2D eigenvalue weighted by molar-refractivity contribution is 7.92. The van der Waals surface area contributed by atoms with Crippen molar-refractivity contribution in [3.8, 4) is 0 Å². The molecule has 0 radical (unpaired) electrons. The van der Waals surface area contributed by atoms with Crippen molar-refractivity contribution in [3.63, 3.8) is 0 Å². The topological polar surface area (TPSA) is 86.8 Å². The molecule has 1 N–H and O–H groups in total. The first kappa shape index (κ1) is 34.4. The van der Waals surface area contributed by atoms with Gasteiger partial charge in [0.2, 0.25) is 11.8 Å². The van der Waals surface area contributed by atoms with Crippen LogP contribution in [0.3, 0.4) is 0 Å². The number of hydrogen-bond acceptors (Lipinski definition) is 4. The lowest BCUT2D eigenvalue weighted by Crippen LogP contribution is -2.56. The summed E-state index contributed by atoms with van der Waals surface area (Å²) in [6, 6.07) is 28.5. The molecule has 0 aliphatic heterocycles. The number of amides is 2. The van der Waals surface area contributed by atoms with Gasteiger partial charge in [-0.2, -0.15) is 0 Å². The van der Waals surface area contributed by atoms with E-state index in [0.29, 0.717) is 5.69 Å². The normalized spacial score (nSPS) is 12.3. The Balaban J connectivity index is 1.84.